The highest BCUT2D eigenvalue weighted by Crippen LogP contribution is 2.29. The molecule has 0 heterocycles. The lowest BCUT2D eigenvalue weighted by Crippen LogP contribution is -2.15. The molecule has 2 aromatic rings. The number of hydrogen-bond acceptors (Lipinski definition) is 1. The summed E-state index contributed by atoms with van der Waals surface area (Å²) in [6.07, 6.45) is 0.369. The van der Waals surface area contributed by atoms with Crippen LogP contribution in [0.1, 0.15) is 22.7 Å². The van der Waals surface area contributed by atoms with Crippen molar-refractivity contribution >= 4 is 27.5 Å². The molecule has 0 amide bonds. The smallest absolute Gasteiger partial charge is 0.127 e. The maximum atomic E-state index is 13.8. The van der Waals surface area contributed by atoms with E-state index in [-0.39, 0.29) is 11.9 Å². The van der Waals surface area contributed by atoms with Gasteiger partial charge in [-0.2, -0.15) is 0 Å². The first kappa shape index (κ1) is 14.5. The van der Waals surface area contributed by atoms with Crippen molar-refractivity contribution < 1.29 is 4.39 Å². The number of hydrogen-bond donors (Lipinski definition) is 1. The van der Waals surface area contributed by atoms with Crippen LogP contribution in [0.2, 0.25) is 5.02 Å². The molecule has 19 heavy (non-hydrogen) atoms. The Morgan fingerprint density at radius 2 is 1.95 bits per heavy atom. The monoisotopic (exact) mass is 341 g/mol. The van der Waals surface area contributed by atoms with Crippen LogP contribution in [0.3, 0.4) is 0 Å². The van der Waals surface area contributed by atoms with E-state index in [1.54, 1.807) is 12.1 Å². The maximum Gasteiger partial charge on any atom is 0.127 e. The Balaban J connectivity index is 2.31. The standard InChI is InChI=1S/C15H14BrClFN/c1-9-4-2-5-10(15(9)16)14(19)8-11-12(17)6-3-7-13(11)18/h2-7,14H,8,19H2,1H3. The normalized spacial score (nSPS) is 12.5. The number of benzene rings is 2. The van der Waals surface area contributed by atoms with E-state index in [4.69, 9.17) is 17.3 Å². The molecule has 0 aliphatic carbocycles. The van der Waals surface area contributed by atoms with Crippen LogP contribution in [0, 0.1) is 12.7 Å². The predicted molar refractivity (Wildman–Crippen MR) is 80.9 cm³/mol. The van der Waals surface area contributed by atoms with E-state index < -0.39 is 0 Å². The van der Waals surface area contributed by atoms with E-state index in [9.17, 15) is 4.39 Å². The summed E-state index contributed by atoms with van der Waals surface area (Å²) in [5.41, 5.74) is 8.70. The van der Waals surface area contributed by atoms with Gasteiger partial charge in [0.05, 0.1) is 0 Å². The molecule has 1 unspecified atom stereocenters. The number of rotatable bonds is 3. The summed E-state index contributed by atoms with van der Waals surface area (Å²) in [4.78, 5) is 0. The molecule has 0 saturated carbocycles. The van der Waals surface area contributed by atoms with E-state index in [1.807, 2.05) is 25.1 Å². The number of halogens is 3. The van der Waals surface area contributed by atoms with Gasteiger partial charge in [-0.15, -0.1) is 0 Å². The predicted octanol–water partition coefficient (Wildman–Crippen LogP) is 4.79. The van der Waals surface area contributed by atoms with E-state index >= 15 is 0 Å². The van der Waals surface area contributed by atoms with E-state index in [1.165, 1.54) is 6.07 Å². The zero-order valence-corrected chi connectivity index (χ0v) is 12.8. The Morgan fingerprint density at radius 1 is 1.26 bits per heavy atom. The van der Waals surface area contributed by atoms with Crippen molar-refractivity contribution in [1.29, 1.82) is 0 Å². The van der Waals surface area contributed by atoms with E-state index in [0.717, 1.165) is 15.6 Å². The molecule has 0 spiro atoms. The van der Waals surface area contributed by atoms with Crippen molar-refractivity contribution in [3.05, 3.63) is 68.4 Å². The zero-order valence-electron chi connectivity index (χ0n) is 10.5. The van der Waals surface area contributed by atoms with Gasteiger partial charge in [0.15, 0.2) is 0 Å². The minimum atomic E-state index is -0.313. The summed E-state index contributed by atoms with van der Waals surface area (Å²) in [6, 6.07) is 10.3. The quantitative estimate of drug-likeness (QED) is 0.852. The Morgan fingerprint density at radius 3 is 2.63 bits per heavy atom. The first-order chi connectivity index (χ1) is 9.00. The molecule has 2 aromatic carbocycles. The highest BCUT2D eigenvalue weighted by atomic mass is 79.9. The van der Waals surface area contributed by atoms with Gasteiger partial charge >= 0.3 is 0 Å². The molecule has 0 aliphatic rings. The fourth-order valence-corrected chi connectivity index (χ4v) is 2.81. The van der Waals surface area contributed by atoms with E-state index in [2.05, 4.69) is 15.9 Å². The second-order valence-electron chi connectivity index (χ2n) is 4.49. The van der Waals surface area contributed by atoms with E-state index in [0.29, 0.717) is 17.0 Å². The zero-order chi connectivity index (χ0) is 14.0. The van der Waals surface area contributed by atoms with Gasteiger partial charge in [-0.05, 0) is 36.6 Å². The molecule has 0 saturated heterocycles. The van der Waals surface area contributed by atoms with Crippen molar-refractivity contribution in [3.8, 4) is 0 Å². The van der Waals surface area contributed by atoms with Gasteiger partial charge in [-0.25, -0.2) is 4.39 Å². The third-order valence-electron chi connectivity index (χ3n) is 3.11. The molecular formula is C15H14BrClFN. The molecule has 100 valence electrons. The van der Waals surface area contributed by atoms with Gasteiger partial charge in [0, 0.05) is 21.1 Å². The summed E-state index contributed by atoms with van der Waals surface area (Å²) in [6.45, 7) is 2.00. The summed E-state index contributed by atoms with van der Waals surface area (Å²) in [5.74, 6) is -0.313. The van der Waals surface area contributed by atoms with Gasteiger partial charge < -0.3 is 5.73 Å². The SMILES string of the molecule is Cc1cccc(C(N)Cc2c(F)cccc2Cl)c1Br. The van der Waals surface area contributed by atoms with Crippen molar-refractivity contribution in [3.63, 3.8) is 0 Å². The Labute approximate surface area is 125 Å². The highest BCUT2D eigenvalue weighted by Gasteiger charge is 2.16. The largest absolute Gasteiger partial charge is 0.324 e. The van der Waals surface area contributed by atoms with Gasteiger partial charge in [-0.1, -0.05) is 51.8 Å². The Kier molecular flexibility index (Phi) is 4.61. The van der Waals surface area contributed by atoms with Crippen molar-refractivity contribution in [1.82, 2.24) is 0 Å². The molecule has 4 heteroatoms. The minimum Gasteiger partial charge on any atom is -0.324 e. The molecule has 0 fully saturated rings. The topological polar surface area (TPSA) is 26.0 Å². The number of nitrogens with two attached hydrogens (primary N) is 1. The van der Waals surface area contributed by atoms with Crippen LogP contribution in [0.25, 0.3) is 0 Å². The second kappa shape index (κ2) is 6.04. The molecule has 1 nitrogen and oxygen atoms in total. The van der Waals surface area contributed by atoms with Gasteiger partial charge in [-0.3, -0.25) is 0 Å². The third kappa shape index (κ3) is 3.16. The molecule has 1 atom stereocenters. The van der Waals surface area contributed by atoms with Crippen LogP contribution in [0.4, 0.5) is 4.39 Å². The van der Waals surface area contributed by atoms with Crippen LogP contribution < -0.4 is 5.73 Å². The van der Waals surface area contributed by atoms with Crippen LogP contribution in [0.5, 0.6) is 0 Å². The lowest BCUT2D eigenvalue weighted by molar-refractivity contribution is 0.593. The van der Waals surface area contributed by atoms with Crippen LogP contribution in [0.15, 0.2) is 40.9 Å². The van der Waals surface area contributed by atoms with Gasteiger partial charge in [0.25, 0.3) is 0 Å². The Hall–Kier alpha value is -0.900. The average molecular weight is 343 g/mol. The summed E-state index contributed by atoms with van der Waals surface area (Å²) in [5, 5.41) is 0.416. The fraction of sp³-hybridized carbons (Fsp3) is 0.200. The molecule has 2 rings (SSSR count). The molecule has 0 aromatic heterocycles. The minimum absolute atomic E-state index is 0.302. The molecule has 0 radical (unpaired) electrons. The summed E-state index contributed by atoms with van der Waals surface area (Å²) in [7, 11) is 0. The maximum absolute atomic E-state index is 13.8. The first-order valence-corrected chi connectivity index (χ1v) is 7.11. The lowest BCUT2D eigenvalue weighted by atomic mass is 9.98. The van der Waals surface area contributed by atoms with Crippen LogP contribution in [-0.4, -0.2) is 0 Å². The number of aryl methyl sites for hydroxylation is 1. The average Bonchev–Trinajstić information content (AvgIpc) is 2.37. The van der Waals surface area contributed by atoms with Crippen LogP contribution >= 0.6 is 27.5 Å². The molecule has 0 aliphatic heterocycles. The van der Waals surface area contributed by atoms with Crippen molar-refractivity contribution in [2.45, 2.75) is 19.4 Å². The highest BCUT2D eigenvalue weighted by molar-refractivity contribution is 9.10. The molecule has 0 bridgehead atoms. The van der Waals surface area contributed by atoms with Crippen molar-refractivity contribution in [2.24, 2.45) is 5.73 Å². The summed E-state index contributed by atoms with van der Waals surface area (Å²) >= 11 is 9.55. The first-order valence-electron chi connectivity index (χ1n) is 5.94. The molecule has 2 N–H and O–H groups in total. The van der Waals surface area contributed by atoms with Crippen LogP contribution in [-0.2, 0) is 6.42 Å². The summed E-state index contributed by atoms with van der Waals surface area (Å²) < 4.78 is 14.7. The fourth-order valence-electron chi connectivity index (χ4n) is 2.01. The molecular weight excluding hydrogens is 329 g/mol. The Bertz CT molecular complexity index is 580. The van der Waals surface area contributed by atoms with Gasteiger partial charge in [0.1, 0.15) is 5.82 Å². The third-order valence-corrected chi connectivity index (χ3v) is 4.54. The lowest BCUT2D eigenvalue weighted by Gasteiger charge is -2.16. The van der Waals surface area contributed by atoms with Gasteiger partial charge in [0.2, 0.25) is 0 Å². The van der Waals surface area contributed by atoms with Crippen molar-refractivity contribution in [2.75, 3.05) is 0 Å². The second-order valence-corrected chi connectivity index (χ2v) is 5.69.